The normalized spacial score (nSPS) is 9.86. The van der Waals surface area contributed by atoms with Crippen LogP contribution in [0.4, 0.5) is 0 Å². The largest absolute Gasteiger partial charge is 0.335 e. The van der Waals surface area contributed by atoms with Gasteiger partial charge in [-0.3, -0.25) is 0 Å². The molecule has 0 amide bonds. The third kappa shape index (κ3) is 4.66. The molecule has 0 aliphatic carbocycles. The summed E-state index contributed by atoms with van der Waals surface area (Å²) in [5.74, 6) is 1.13. The Morgan fingerprint density at radius 2 is 1.93 bits per heavy atom. The molecule has 0 atom stereocenters. The molecule has 82 valence electrons. The maximum atomic E-state index is 4.19. The summed E-state index contributed by atoms with van der Waals surface area (Å²) in [4.78, 5) is 4.19. The topological polar surface area (TPSA) is 17.8 Å². The van der Waals surface area contributed by atoms with Crippen LogP contribution in [0.3, 0.4) is 0 Å². The molecule has 0 aliphatic heterocycles. The van der Waals surface area contributed by atoms with Crippen LogP contribution in [-0.2, 0) is 6.54 Å². The Morgan fingerprint density at radius 3 is 2.50 bits per heavy atom. The van der Waals surface area contributed by atoms with Gasteiger partial charge in [0.2, 0.25) is 0 Å². The molecule has 0 unspecified atom stereocenters. The van der Waals surface area contributed by atoms with Crippen LogP contribution in [0.15, 0.2) is 12.4 Å². The number of imidazole rings is 1. The highest BCUT2D eigenvalue weighted by Gasteiger charge is 1.95. The number of aryl methyl sites for hydroxylation is 2. The van der Waals surface area contributed by atoms with Crippen molar-refractivity contribution in [2.24, 2.45) is 0 Å². The smallest absolute Gasteiger partial charge is 0.105 e. The first-order valence-electron chi connectivity index (χ1n) is 5.32. The van der Waals surface area contributed by atoms with Gasteiger partial charge in [0.15, 0.2) is 0 Å². The molecule has 2 nitrogen and oxygen atoms in total. The van der Waals surface area contributed by atoms with Gasteiger partial charge in [0, 0.05) is 18.9 Å². The molecule has 0 bridgehead atoms. The lowest BCUT2D eigenvalue weighted by atomic mass is 10.1. The molecule has 0 saturated heterocycles. The van der Waals surface area contributed by atoms with E-state index in [0.717, 1.165) is 12.4 Å². The van der Waals surface area contributed by atoms with Gasteiger partial charge in [-0.15, -0.1) is 12.4 Å². The lowest BCUT2D eigenvalue weighted by molar-refractivity contribution is 0.560. The van der Waals surface area contributed by atoms with E-state index in [1.807, 2.05) is 6.20 Å². The van der Waals surface area contributed by atoms with Crippen molar-refractivity contribution in [2.75, 3.05) is 0 Å². The highest BCUT2D eigenvalue weighted by Crippen LogP contribution is 2.05. The Kier molecular flexibility index (Phi) is 7.58. The van der Waals surface area contributed by atoms with E-state index >= 15 is 0 Å². The predicted octanol–water partition coefficient (Wildman–Crippen LogP) is 3.58. The molecule has 0 saturated carbocycles. The molecule has 0 N–H and O–H groups in total. The summed E-state index contributed by atoms with van der Waals surface area (Å²) in [6.07, 6.45) is 10.7. The Balaban J connectivity index is 0.00000169. The second-order valence-corrected chi connectivity index (χ2v) is 3.58. The summed E-state index contributed by atoms with van der Waals surface area (Å²) >= 11 is 0. The molecule has 1 aromatic heterocycles. The number of hydrogen-bond donors (Lipinski definition) is 0. The zero-order chi connectivity index (χ0) is 9.52. The molecule has 0 radical (unpaired) electrons. The molecule has 0 aliphatic rings. The predicted molar refractivity (Wildman–Crippen MR) is 63.0 cm³/mol. The van der Waals surface area contributed by atoms with Gasteiger partial charge in [0.1, 0.15) is 5.82 Å². The average Bonchev–Trinajstić information content (AvgIpc) is 2.52. The molecule has 1 aromatic rings. The summed E-state index contributed by atoms with van der Waals surface area (Å²) in [7, 11) is 0. The van der Waals surface area contributed by atoms with Crippen molar-refractivity contribution in [1.82, 2.24) is 9.55 Å². The number of rotatable bonds is 6. The van der Waals surface area contributed by atoms with E-state index in [0.29, 0.717) is 0 Å². The number of unbranched alkanes of at least 4 members (excludes halogenated alkanes) is 4. The zero-order valence-electron chi connectivity index (χ0n) is 9.20. The standard InChI is InChI=1S/C11H20N2.ClH/c1-3-4-5-6-7-9-13-10-8-12-11(13)2;/h8,10H,3-7,9H2,1-2H3;1H. The van der Waals surface area contributed by atoms with Crippen molar-refractivity contribution >= 4 is 12.4 Å². The monoisotopic (exact) mass is 216 g/mol. The van der Waals surface area contributed by atoms with Crippen molar-refractivity contribution < 1.29 is 0 Å². The Morgan fingerprint density at radius 1 is 1.21 bits per heavy atom. The first-order valence-corrected chi connectivity index (χ1v) is 5.32. The summed E-state index contributed by atoms with van der Waals surface area (Å²) in [6, 6.07) is 0. The summed E-state index contributed by atoms with van der Waals surface area (Å²) in [5, 5.41) is 0. The van der Waals surface area contributed by atoms with E-state index in [1.54, 1.807) is 0 Å². The number of hydrogen-bond acceptors (Lipinski definition) is 1. The molecular weight excluding hydrogens is 196 g/mol. The fourth-order valence-corrected chi connectivity index (χ4v) is 1.53. The van der Waals surface area contributed by atoms with Crippen LogP contribution in [0, 0.1) is 6.92 Å². The number of nitrogens with zero attached hydrogens (tertiary/aromatic N) is 2. The Bertz CT molecular complexity index is 233. The van der Waals surface area contributed by atoms with Crippen LogP contribution in [0.1, 0.15) is 44.9 Å². The lowest BCUT2D eigenvalue weighted by Crippen LogP contribution is -1.98. The van der Waals surface area contributed by atoms with Gasteiger partial charge >= 0.3 is 0 Å². The fourth-order valence-electron chi connectivity index (χ4n) is 1.53. The molecule has 0 fully saturated rings. The summed E-state index contributed by atoms with van der Waals surface area (Å²) < 4.78 is 2.23. The molecule has 0 spiro atoms. The minimum Gasteiger partial charge on any atom is -0.335 e. The SMILES string of the molecule is CCCCCCCn1ccnc1C.Cl. The van der Waals surface area contributed by atoms with Crippen LogP contribution in [0.5, 0.6) is 0 Å². The van der Waals surface area contributed by atoms with Crippen LogP contribution < -0.4 is 0 Å². The van der Waals surface area contributed by atoms with Gasteiger partial charge in [-0.2, -0.15) is 0 Å². The van der Waals surface area contributed by atoms with Crippen LogP contribution in [-0.4, -0.2) is 9.55 Å². The van der Waals surface area contributed by atoms with E-state index in [-0.39, 0.29) is 12.4 Å². The van der Waals surface area contributed by atoms with Gasteiger partial charge in [-0.25, -0.2) is 4.98 Å². The second kappa shape index (κ2) is 7.86. The fraction of sp³-hybridized carbons (Fsp3) is 0.727. The zero-order valence-corrected chi connectivity index (χ0v) is 10.0. The van der Waals surface area contributed by atoms with E-state index in [4.69, 9.17) is 0 Å². The second-order valence-electron chi connectivity index (χ2n) is 3.58. The third-order valence-electron chi connectivity index (χ3n) is 2.43. The summed E-state index contributed by atoms with van der Waals surface area (Å²) in [6.45, 7) is 5.45. The lowest BCUT2D eigenvalue weighted by Gasteiger charge is -2.03. The molecule has 14 heavy (non-hydrogen) atoms. The van der Waals surface area contributed by atoms with Gasteiger partial charge in [0.25, 0.3) is 0 Å². The molecule has 0 aromatic carbocycles. The van der Waals surface area contributed by atoms with E-state index in [9.17, 15) is 0 Å². The van der Waals surface area contributed by atoms with Crippen LogP contribution >= 0.6 is 12.4 Å². The van der Waals surface area contributed by atoms with Crippen molar-refractivity contribution in [3.8, 4) is 0 Å². The van der Waals surface area contributed by atoms with Gasteiger partial charge in [0.05, 0.1) is 0 Å². The third-order valence-corrected chi connectivity index (χ3v) is 2.43. The van der Waals surface area contributed by atoms with Crippen LogP contribution in [0.2, 0.25) is 0 Å². The van der Waals surface area contributed by atoms with Gasteiger partial charge in [-0.05, 0) is 13.3 Å². The summed E-state index contributed by atoms with van der Waals surface area (Å²) in [5.41, 5.74) is 0. The molecule has 1 heterocycles. The van der Waals surface area contributed by atoms with E-state index in [1.165, 1.54) is 32.1 Å². The Labute approximate surface area is 93.1 Å². The van der Waals surface area contributed by atoms with Gasteiger partial charge in [-0.1, -0.05) is 32.6 Å². The Hall–Kier alpha value is -0.500. The van der Waals surface area contributed by atoms with Crippen LogP contribution in [0.25, 0.3) is 0 Å². The van der Waals surface area contributed by atoms with Crippen molar-refractivity contribution in [1.29, 1.82) is 0 Å². The maximum absolute atomic E-state index is 4.19. The quantitative estimate of drug-likeness (QED) is 0.665. The highest BCUT2D eigenvalue weighted by atomic mass is 35.5. The molecule has 3 heteroatoms. The first kappa shape index (κ1) is 13.5. The first-order chi connectivity index (χ1) is 6.34. The minimum atomic E-state index is 0. The number of aromatic nitrogens is 2. The van der Waals surface area contributed by atoms with E-state index < -0.39 is 0 Å². The molecule has 1 rings (SSSR count). The van der Waals surface area contributed by atoms with Crippen molar-refractivity contribution in [3.63, 3.8) is 0 Å². The average molecular weight is 217 g/mol. The highest BCUT2D eigenvalue weighted by molar-refractivity contribution is 5.85. The van der Waals surface area contributed by atoms with Gasteiger partial charge < -0.3 is 4.57 Å². The van der Waals surface area contributed by atoms with E-state index in [2.05, 4.69) is 29.6 Å². The molecular formula is C11H21ClN2. The maximum Gasteiger partial charge on any atom is 0.105 e. The van der Waals surface area contributed by atoms with Crippen molar-refractivity contribution in [2.45, 2.75) is 52.5 Å². The van der Waals surface area contributed by atoms with Crippen molar-refractivity contribution in [3.05, 3.63) is 18.2 Å². The minimum absolute atomic E-state index is 0. The number of halogens is 1.